The molecule has 30 heteroatoms. The highest BCUT2D eigenvalue weighted by Gasteiger charge is 2.28. The van der Waals surface area contributed by atoms with Gasteiger partial charge in [0.15, 0.2) is 0 Å². The van der Waals surface area contributed by atoms with Gasteiger partial charge in [-0.2, -0.15) is 0 Å². The van der Waals surface area contributed by atoms with Crippen LogP contribution < -0.4 is 83.2 Å². The van der Waals surface area contributed by atoms with Crippen molar-refractivity contribution in [1.29, 1.82) is 0 Å². The van der Waals surface area contributed by atoms with Gasteiger partial charge in [-0.15, -0.1) is 0 Å². The molecule has 12 N–H and O–H groups in total. The molecule has 0 unspecified atom stereocenters. The molecule has 5 rings (SSSR count). The Kier molecular flexibility index (Phi) is 30.7. The van der Waals surface area contributed by atoms with Crippen LogP contribution in [-0.2, 0) is 43.0 Å². The number of carbonyl (C=O) groups excluding carboxylic acids is 11. The average Bonchev–Trinajstić information content (AvgIpc) is 0.861. The molecule has 0 saturated carbocycles. The van der Waals surface area contributed by atoms with Gasteiger partial charge in [-0.3, -0.25) is 69.8 Å². The Morgan fingerprint density at radius 3 is 1.45 bits per heavy atom. The normalized spacial score (nSPS) is 12.8. The topological polar surface area (TPSA) is 391 Å². The van der Waals surface area contributed by atoms with E-state index in [1.807, 2.05) is 18.2 Å². The van der Waals surface area contributed by atoms with Crippen LogP contribution in [-0.4, -0.2) is 167 Å². The van der Waals surface area contributed by atoms with Crippen molar-refractivity contribution in [2.75, 3.05) is 89.2 Å². The van der Waals surface area contributed by atoms with Crippen LogP contribution in [0.2, 0.25) is 0 Å². The number of ether oxygens (including phenoxy) is 6. The van der Waals surface area contributed by atoms with Gasteiger partial charge in [0.1, 0.15) is 46.3 Å². The van der Waals surface area contributed by atoms with Gasteiger partial charge in [-0.05, 0) is 164 Å². The molecule has 0 radical (unpaired) electrons. The number of nitrogens with one attached hydrogen (secondary N) is 12. The third kappa shape index (κ3) is 28.3. The van der Waals surface area contributed by atoms with Crippen LogP contribution in [0.25, 0.3) is 10.8 Å². The summed E-state index contributed by atoms with van der Waals surface area (Å²) < 4.78 is 33.6. The zero-order valence-electron chi connectivity index (χ0n) is 56.3. The molecule has 0 aromatic heterocycles. The number of hydrogen-bond acceptors (Lipinski definition) is 19. The highest BCUT2D eigenvalue weighted by atomic mass is 16.6. The zero-order chi connectivity index (χ0) is 70.4. The first-order valence-corrected chi connectivity index (χ1v) is 31.8. The second-order valence-corrected chi connectivity index (χ2v) is 24.5. The molecule has 0 bridgehead atoms. The number of unbranched alkanes of at least 4 members (excludes halogenated alkanes) is 2. The van der Waals surface area contributed by atoms with Gasteiger partial charge in [0.25, 0.3) is 23.6 Å². The van der Waals surface area contributed by atoms with E-state index < -0.39 is 59.1 Å². The molecule has 30 nitrogen and oxygen atoms in total. The van der Waals surface area contributed by atoms with Crippen LogP contribution in [0.3, 0.4) is 0 Å². The Bertz CT molecular complexity index is 3360. The summed E-state index contributed by atoms with van der Waals surface area (Å²) >= 11 is 0. The molecule has 4 aromatic rings. The maximum absolute atomic E-state index is 13.4. The number of rotatable bonds is 33. The number of fused-ring (bicyclic) bond motifs is 1. The van der Waals surface area contributed by atoms with Crippen molar-refractivity contribution in [1.82, 2.24) is 53.2 Å². The van der Waals surface area contributed by atoms with Crippen molar-refractivity contribution in [2.45, 2.75) is 143 Å². The number of hydrazine groups is 2. The van der Waals surface area contributed by atoms with E-state index in [1.54, 1.807) is 65.8 Å². The SMILES string of the molecule is COc1ccc(NC(C)=O)cc1C(=O)NNC(=O)[C@H](CCCCNC(=O)CCCOc1ccc2cc(NC(=O)CN3CCNCC3)c(OCCCC(=O)NCCCC[C@H](NC(=O)OC(C)(C)C)C(=O)NNC(=O)c3cc(NC(C)=O)ccc3OC)cc2c1)NC(=O)OC(C)(C)C. The standard InChI is InChI=1S/C66H93N13O17/c1-41(80)70-45-22-25-53(91-9)48(38-45)59(85)75-77-61(87)50(73-63(89)95-65(3,4)5)17-11-13-27-68-56(82)19-15-33-93-47-24-21-43-36-52(72-58(84)40-79-31-29-67-30-32-79)55(37-44(43)35-47)94-34-16-20-57(83)69-28-14-12-18-51(74-64(90)96-66(6,7)8)62(88)78-76-60(86)49-39-46(71-42(2)81)23-26-54(49)92-10/h21-26,35-39,50-51,67H,11-20,27-34,40H2,1-10H3,(H,68,82)(H,69,83)(H,70,80)(H,71,81)(H,72,84)(H,73,89)(H,74,90)(H,75,85)(H,76,86)(H,77,87)(H,78,88)/t50-,51-/m0/s1. The highest BCUT2D eigenvalue weighted by Crippen LogP contribution is 2.33. The van der Waals surface area contributed by atoms with Crippen molar-refractivity contribution >= 4 is 93.2 Å². The summed E-state index contributed by atoms with van der Waals surface area (Å²) in [4.78, 5) is 143. The fraction of sp³-hybridized carbons (Fsp3) is 0.500. The molecule has 11 amide bonds. The maximum atomic E-state index is 13.4. The minimum atomic E-state index is -1.14. The zero-order valence-corrected chi connectivity index (χ0v) is 56.3. The van der Waals surface area contributed by atoms with Crippen LogP contribution in [0.5, 0.6) is 23.0 Å². The number of carbonyl (C=O) groups is 11. The average molecular weight is 1340 g/mol. The molecular formula is C66H93N13O17. The minimum Gasteiger partial charge on any atom is -0.496 e. The highest BCUT2D eigenvalue weighted by molar-refractivity contribution is 6.02. The molecule has 1 fully saturated rings. The number of piperazine rings is 1. The summed E-state index contributed by atoms with van der Waals surface area (Å²) in [5, 5.41) is 23.8. The van der Waals surface area contributed by atoms with Gasteiger partial charge < -0.3 is 71.0 Å². The smallest absolute Gasteiger partial charge is 0.408 e. The summed E-state index contributed by atoms with van der Waals surface area (Å²) in [5.74, 6) is -3.10. The number of hydrogen-bond donors (Lipinski definition) is 12. The van der Waals surface area contributed by atoms with Crippen LogP contribution in [0.15, 0.2) is 66.7 Å². The first kappa shape index (κ1) is 76.7. The Morgan fingerprint density at radius 2 is 0.990 bits per heavy atom. The van der Waals surface area contributed by atoms with Crippen LogP contribution in [0.1, 0.15) is 140 Å². The second-order valence-electron chi connectivity index (χ2n) is 24.5. The predicted octanol–water partition coefficient (Wildman–Crippen LogP) is 5.22. The fourth-order valence-corrected chi connectivity index (χ4v) is 9.56. The lowest BCUT2D eigenvalue weighted by atomic mass is 10.1. The third-order valence-electron chi connectivity index (χ3n) is 14.0. The largest absolute Gasteiger partial charge is 0.496 e. The van der Waals surface area contributed by atoms with E-state index in [0.717, 1.165) is 37.0 Å². The molecule has 4 aromatic carbocycles. The Hall–Kier alpha value is -9.97. The van der Waals surface area contributed by atoms with Gasteiger partial charge in [0, 0.05) is 77.3 Å². The van der Waals surface area contributed by atoms with Crippen LogP contribution in [0, 0.1) is 0 Å². The fourth-order valence-electron chi connectivity index (χ4n) is 9.56. The minimum absolute atomic E-state index is 0.0203. The molecule has 2 atom stereocenters. The second kappa shape index (κ2) is 38.4. The van der Waals surface area contributed by atoms with Crippen LogP contribution in [0.4, 0.5) is 26.7 Å². The van der Waals surface area contributed by atoms with Gasteiger partial charge >= 0.3 is 12.2 Å². The molecule has 1 aliphatic heterocycles. The Balaban J connectivity index is 1.09. The molecule has 0 spiro atoms. The van der Waals surface area contributed by atoms with E-state index in [1.165, 1.54) is 52.3 Å². The first-order valence-electron chi connectivity index (χ1n) is 31.8. The molecule has 1 heterocycles. The van der Waals surface area contributed by atoms with Crippen molar-refractivity contribution in [2.24, 2.45) is 0 Å². The molecule has 1 aliphatic rings. The summed E-state index contributed by atoms with van der Waals surface area (Å²) in [5.41, 5.74) is 8.75. The van der Waals surface area contributed by atoms with Crippen molar-refractivity contribution in [3.63, 3.8) is 0 Å². The van der Waals surface area contributed by atoms with Gasteiger partial charge in [-0.25, -0.2) is 9.59 Å². The lowest BCUT2D eigenvalue weighted by Crippen LogP contribution is -2.53. The van der Waals surface area contributed by atoms with Crippen LogP contribution >= 0.6 is 0 Å². The molecule has 524 valence electrons. The maximum Gasteiger partial charge on any atom is 0.408 e. The van der Waals surface area contributed by atoms with E-state index in [4.69, 9.17) is 28.4 Å². The monoisotopic (exact) mass is 1340 g/mol. The molecular weight excluding hydrogens is 1250 g/mol. The number of methoxy groups -OCH3 is 2. The molecule has 0 aliphatic carbocycles. The van der Waals surface area contributed by atoms with E-state index >= 15 is 0 Å². The van der Waals surface area contributed by atoms with Crippen molar-refractivity contribution in [3.05, 3.63) is 77.9 Å². The summed E-state index contributed by atoms with van der Waals surface area (Å²) in [6, 6.07) is 15.6. The van der Waals surface area contributed by atoms with E-state index in [-0.39, 0.29) is 111 Å². The first-order chi connectivity index (χ1) is 45.6. The molecule has 1 saturated heterocycles. The van der Waals surface area contributed by atoms with E-state index in [0.29, 0.717) is 67.1 Å². The van der Waals surface area contributed by atoms with E-state index in [2.05, 4.69) is 69.1 Å². The Morgan fingerprint density at radius 1 is 0.510 bits per heavy atom. The summed E-state index contributed by atoms with van der Waals surface area (Å²) in [6.45, 7) is 16.7. The predicted molar refractivity (Wildman–Crippen MR) is 357 cm³/mol. The molecule has 96 heavy (non-hydrogen) atoms. The number of benzene rings is 4. The van der Waals surface area contributed by atoms with Crippen molar-refractivity contribution in [3.8, 4) is 23.0 Å². The summed E-state index contributed by atoms with van der Waals surface area (Å²) in [7, 11) is 2.72. The van der Waals surface area contributed by atoms with Gasteiger partial charge in [0.05, 0.1) is 50.8 Å². The summed E-state index contributed by atoms with van der Waals surface area (Å²) in [6.07, 6.45) is 1.13. The van der Waals surface area contributed by atoms with E-state index in [9.17, 15) is 52.7 Å². The number of amides is 11. The van der Waals surface area contributed by atoms with Gasteiger partial charge in [0.2, 0.25) is 29.5 Å². The number of anilines is 3. The van der Waals surface area contributed by atoms with Crippen molar-refractivity contribution < 1.29 is 81.2 Å². The van der Waals surface area contributed by atoms with Gasteiger partial charge in [-0.1, -0.05) is 6.07 Å². The lowest BCUT2D eigenvalue weighted by molar-refractivity contribution is -0.124. The lowest BCUT2D eigenvalue weighted by Gasteiger charge is -2.26. The quantitative estimate of drug-likeness (QED) is 0.0215. The number of nitrogens with zero attached hydrogens (tertiary/aromatic N) is 1. The number of alkyl carbamates (subject to hydrolysis) is 2. The third-order valence-corrected chi connectivity index (χ3v) is 14.0. The Labute approximate surface area is 558 Å².